The molecule has 17 heavy (non-hydrogen) atoms. The summed E-state index contributed by atoms with van der Waals surface area (Å²) in [6.45, 7) is 3.15. The van der Waals surface area contributed by atoms with Gasteiger partial charge < -0.3 is 15.7 Å². The number of carbonyl (C=O) groups is 1. The monoisotopic (exact) mass is 236 g/mol. The Labute approximate surface area is 102 Å². The summed E-state index contributed by atoms with van der Waals surface area (Å²) in [4.78, 5) is 11.3. The first-order valence-electron chi connectivity index (χ1n) is 5.95. The van der Waals surface area contributed by atoms with E-state index in [1.54, 1.807) is 0 Å². The summed E-state index contributed by atoms with van der Waals surface area (Å²) in [5.41, 5.74) is 1.14. The number of benzene rings is 1. The molecule has 0 bridgehead atoms. The zero-order chi connectivity index (χ0) is 12.5. The molecule has 0 saturated carbocycles. The summed E-state index contributed by atoms with van der Waals surface area (Å²) in [5.74, 6) is 0.156. The maximum atomic E-state index is 11.3. The normalized spacial score (nSPS) is 11.9. The molecule has 1 atom stereocenters. The number of aliphatic hydroxyl groups excluding tert-OH is 1. The van der Waals surface area contributed by atoms with Gasteiger partial charge in [-0.1, -0.05) is 30.3 Å². The van der Waals surface area contributed by atoms with Crippen LogP contribution in [0.15, 0.2) is 30.3 Å². The quantitative estimate of drug-likeness (QED) is 0.700. The average Bonchev–Trinajstić information content (AvgIpc) is 2.36. The topological polar surface area (TPSA) is 61.4 Å². The van der Waals surface area contributed by atoms with Gasteiger partial charge in [0.1, 0.15) is 0 Å². The van der Waals surface area contributed by atoms with Crippen LogP contribution in [0.5, 0.6) is 0 Å². The Bertz CT molecular complexity index is 327. The molecule has 4 nitrogen and oxygen atoms in total. The predicted molar refractivity (Wildman–Crippen MR) is 68.0 cm³/mol. The van der Waals surface area contributed by atoms with Crippen LogP contribution in [0.25, 0.3) is 0 Å². The number of amides is 2. The molecule has 1 aromatic carbocycles. The van der Waals surface area contributed by atoms with Crippen LogP contribution in [-0.2, 0) is 0 Å². The molecular formula is C13H20N2O2. The summed E-state index contributed by atoms with van der Waals surface area (Å²) < 4.78 is 0. The molecule has 0 spiro atoms. The summed E-state index contributed by atoms with van der Waals surface area (Å²) in [6.07, 6.45) is 0.649. The molecule has 1 unspecified atom stereocenters. The maximum absolute atomic E-state index is 11.3. The van der Waals surface area contributed by atoms with E-state index in [1.165, 1.54) is 0 Å². The molecule has 0 radical (unpaired) electrons. The van der Waals surface area contributed by atoms with Crippen LogP contribution in [-0.4, -0.2) is 30.8 Å². The summed E-state index contributed by atoms with van der Waals surface area (Å²) in [7, 11) is 0. The fourth-order valence-electron chi connectivity index (χ4n) is 1.71. The lowest BCUT2D eigenvalue weighted by molar-refractivity contribution is 0.238. The second-order valence-corrected chi connectivity index (χ2v) is 3.86. The molecule has 94 valence electrons. The molecule has 4 heteroatoms. The van der Waals surface area contributed by atoms with E-state index < -0.39 is 0 Å². The van der Waals surface area contributed by atoms with E-state index in [4.69, 9.17) is 5.11 Å². The van der Waals surface area contributed by atoms with Crippen LogP contribution in [0.3, 0.4) is 0 Å². The zero-order valence-corrected chi connectivity index (χ0v) is 10.1. The minimum absolute atomic E-state index is 0.122. The number of urea groups is 1. The van der Waals surface area contributed by atoms with E-state index in [0.717, 1.165) is 5.56 Å². The standard InChI is InChI=1S/C13H20N2O2/c1-2-14-13(17)15-10-12(8-9-16)11-6-4-3-5-7-11/h3-7,12,16H,2,8-10H2,1H3,(H2,14,15,17). The summed E-state index contributed by atoms with van der Waals surface area (Å²) in [5, 5.41) is 14.5. The van der Waals surface area contributed by atoms with Gasteiger partial charge in [-0.05, 0) is 18.9 Å². The third-order valence-corrected chi connectivity index (χ3v) is 2.59. The van der Waals surface area contributed by atoms with E-state index in [2.05, 4.69) is 10.6 Å². The van der Waals surface area contributed by atoms with Crippen LogP contribution < -0.4 is 10.6 Å². The van der Waals surface area contributed by atoms with Crippen molar-refractivity contribution in [1.29, 1.82) is 0 Å². The van der Waals surface area contributed by atoms with Crippen molar-refractivity contribution in [3.8, 4) is 0 Å². The third kappa shape index (κ3) is 4.87. The summed E-state index contributed by atoms with van der Waals surface area (Å²) >= 11 is 0. The molecule has 0 aliphatic heterocycles. The molecule has 3 N–H and O–H groups in total. The minimum atomic E-state index is -0.161. The van der Waals surface area contributed by atoms with Crippen molar-refractivity contribution < 1.29 is 9.90 Å². The highest BCUT2D eigenvalue weighted by Gasteiger charge is 2.11. The van der Waals surface area contributed by atoms with Crippen LogP contribution >= 0.6 is 0 Å². The van der Waals surface area contributed by atoms with Crippen molar-refractivity contribution in [2.45, 2.75) is 19.3 Å². The fraction of sp³-hybridized carbons (Fsp3) is 0.462. The highest BCUT2D eigenvalue weighted by molar-refractivity contribution is 5.73. The van der Waals surface area contributed by atoms with Crippen molar-refractivity contribution in [3.63, 3.8) is 0 Å². The molecule has 0 heterocycles. The number of rotatable bonds is 6. The molecular weight excluding hydrogens is 216 g/mol. The Morgan fingerprint density at radius 2 is 2.00 bits per heavy atom. The Kier molecular flexibility index (Phi) is 6.10. The van der Waals surface area contributed by atoms with Gasteiger partial charge >= 0.3 is 6.03 Å². The molecule has 2 amide bonds. The van der Waals surface area contributed by atoms with E-state index in [0.29, 0.717) is 19.5 Å². The third-order valence-electron chi connectivity index (χ3n) is 2.59. The van der Waals surface area contributed by atoms with E-state index in [-0.39, 0.29) is 18.6 Å². The van der Waals surface area contributed by atoms with Crippen LogP contribution in [0, 0.1) is 0 Å². The number of carbonyl (C=O) groups excluding carboxylic acids is 1. The van der Waals surface area contributed by atoms with Gasteiger partial charge in [0.25, 0.3) is 0 Å². The van der Waals surface area contributed by atoms with Crippen LogP contribution in [0.2, 0.25) is 0 Å². The SMILES string of the molecule is CCNC(=O)NCC(CCO)c1ccccc1. The largest absolute Gasteiger partial charge is 0.396 e. The molecule has 0 fully saturated rings. The molecule has 1 rings (SSSR count). The molecule has 0 aliphatic rings. The van der Waals surface area contributed by atoms with Crippen molar-refractivity contribution in [2.24, 2.45) is 0 Å². The lowest BCUT2D eigenvalue weighted by Gasteiger charge is -2.17. The molecule has 0 aromatic heterocycles. The molecule has 0 saturated heterocycles. The maximum Gasteiger partial charge on any atom is 0.314 e. The number of nitrogens with one attached hydrogen (secondary N) is 2. The van der Waals surface area contributed by atoms with Crippen LogP contribution in [0.4, 0.5) is 4.79 Å². The first-order chi connectivity index (χ1) is 8.27. The second-order valence-electron chi connectivity index (χ2n) is 3.86. The smallest absolute Gasteiger partial charge is 0.314 e. The van der Waals surface area contributed by atoms with Crippen molar-refractivity contribution in [3.05, 3.63) is 35.9 Å². The number of hydrogen-bond acceptors (Lipinski definition) is 2. The average molecular weight is 236 g/mol. The lowest BCUT2D eigenvalue weighted by Crippen LogP contribution is -2.37. The van der Waals surface area contributed by atoms with Gasteiger partial charge in [-0.2, -0.15) is 0 Å². The number of aliphatic hydroxyl groups is 1. The van der Waals surface area contributed by atoms with Crippen molar-refractivity contribution >= 4 is 6.03 Å². The van der Waals surface area contributed by atoms with Gasteiger partial charge in [0, 0.05) is 25.6 Å². The summed E-state index contributed by atoms with van der Waals surface area (Å²) in [6, 6.07) is 9.75. The van der Waals surface area contributed by atoms with E-state index in [9.17, 15) is 4.79 Å². The minimum Gasteiger partial charge on any atom is -0.396 e. The Morgan fingerprint density at radius 3 is 2.59 bits per heavy atom. The zero-order valence-electron chi connectivity index (χ0n) is 10.1. The fourth-order valence-corrected chi connectivity index (χ4v) is 1.71. The Morgan fingerprint density at radius 1 is 1.29 bits per heavy atom. The van der Waals surface area contributed by atoms with Gasteiger partial charge in [0.05, 0.1) is 0 Å². The Hall–Kier alpha value is -1.55. The van der Waals surface area contributed by atoms with Gasteiger partial charge in [-0.25, -0.2) is 4.79 Å². The van der Waals surface area contributed by atoms with Gasteiger partial charge in [0.2, 0.25) is 0 Å². The predicted octanol–water partition coefficient (Wildman–Crippen LogP) is 1.47. The first-order valence-corrected chi connectivity index (χ1v) is 5.95. The molecule has 1 aromatic rings. The van der Waals surface area contributed by atoms with Gasteiger partial charge in [0.15, 0.2) is 0 Å². The first kappa shape index (κ1) is 13.5. The second kappa shape index (κ2) is 7.68. The number of hydrogen-bond donors (Lipinski definition) is 3. The molecule has 0 aliphatic carbocycles. The lowest BCUT2D eigenvalue weighted by atomic mass is 9.96. The van der Waals surface area contributed by atoms with Crippen molar-refractivity contribution in [2.75, 3.05) is 19.7 Å². The van der Waals surface area contributed by atoms with E-state index >= 15 is 0 Å². The van der Waals surface area contributed by atoms with Crippen molar-refractivity contribution in [1.82, 2.24) is 10.6 Å². The van der Waals surface area contributed by atoms with Gasteiger partial charge in [-0.3, -0.25) is 0 Å². The van der Waals surface area contributed by atoms with Crippen LogP contribution in [0.1, 0.15) is 24.8 Å². The highest BCUT2D eigenvalue weighted by atomic mass is 16.3. The Balaban J connectivity index is 2.52. The van der Waals surface area contributed by atoms with Gasteiger partial charge in [-0.15, -0.1) is 0 Å². The van der Waals surface area contributed by atoms with E-state index in [1.807, 2.05) is 37.3 Å². The highest BCUT2D eigenvalue weighted by Crippen LogP contribution is 2.17.